The van der Waals surface area contributed by atoms with Crippen LogP contribution in [-0.4, -0.2) is 37.1 Å². The van der Waals surface area contributed by atoms with Crippen molar-refractivity contribution in [3.8, 4) is 5.75 Å². The van der Waals surface area contributed by atoms with Gasteiger partial charge < -0.3 is 15.2 Å². The zero-order valence-electron chi connectivity index (χ0n) is 10.7. The van der Waals surface area contributed by atoms with Crippen LogP contribution in [0.15, 0.2) is 24.3 Å². The van der Waals surface area contributed by atoms with Gasteiger partial charge >= 0.3 is 6.18 Å². The van der Waals surface area contributed by atoms with Gasteiger partial charge in [-0.25, -0.2) is 0 Å². The van der Waals surface area contributed by atoms with Gasteiger partial charge in [0.25, 0.3) is 0 Å². The van der Waals surface area contributed by atoms with Gasteiger partial charge in [-0.1, -0.05) is 19.1 Å². The van der Waals surface area contributed by atoms with E-state index in [2.05, 4.69) is 5.32 Å². The Kier molecular flexibility index (Phi) is 6.11. The van der Waals surface area contributed by atoms with Gasteiger partial charge in [0.2, 0.25) is 0 Å². The molecule has 3 nitrogen and oxygen atoms in total. The third-order valence-electron chi connectivity index (χ3n) is 2.48. The normalized spacial score (nSPS) is 13.3. The predicted octanol–water partition coefficient (Wildman–Crippen LogP) is 2.14. The average Bonchev–Trinajstić information content (AvgIpc) is 2.35. The van der Waals surface area contributed by atoms with E-state index in [0.717, 1.165) is 6.42 Å². The molecule has 0 aliphatic heterocycles. The number of aliphatic hydroxyl groups is 1. The second-order valence-corrected chi connectivity index (χ2v) is 4.21. The van der Waals surface area contributed by atoms with Crippen LogP contribution in [0.2, 0.25) is 0 Å². The standard InChI is InChI=1S/C13H18F3NO2/c1-2-10-3-5-12(6-4-10)19-8-11(18)7-17-9-13(14,15)16/h3-6,11,17-18H,2,7-9H2,1H3. The van der Waals surface area contributed by atoms with E-state index in [1.165, 1.54) is 5.56 Å². The highest BCUT2D eigenvalue weighted by Gasteiger charge is 2.26. The molecule has 0 aromatic heterocycles. The van der Waals surface area contributed by atoms with Gasteiger partial charge in [-0.15, -0.1) is 0 Å². The topological polar surface area (TPSA) is 41.5 Å². The second-order valence-electron chi connectivity index (χ2n) is 4.21. The summed E-state index contributed by atoms with van der Waals surface area (Å²) in [5.74, 6) is 0.590. The molecule has 1 aromatic rings. The van der Waals surface area contributed by atoms with Crippen LogP contribution in [-0.2, 0) is 6.42 Å². The predicted molar refractivity (Wildman–Crippen MR) is 66.2 cm³/mol. The third-order valence-corrected chi connectivity index (χ3v) is 2.48. The van der Waals surface area contributed by atoms with Crippen molar-refractivity contribution < 1.29 is 23.0 Å². The summed E-state index contributed by atoms with van der Waals surface area (Å²) in [6.45, 7) is 0.712. The van der Waals surface area contributed by atoms with Crippen LogP contribution in [0, 0.1) is 0 Å². The summed E-state index contributed by atoms with van der Waals surface area (Å²) in [6, 6.07) is 7.36. The van der Waals surface area contributed by atoms with Gasteiger partial charge in [0.1, 0.15) is 18.5 Å². The van der Waals surface area contributed by atoms with Gasteiger partial charge in [0.05, 0.1) is 6.54 Å². The summed E-state index contributed by atoms with van der Waals surface area (Å²) in [6.07, 6.45) is -4.32. The highest BCUT2D eigenvalue weighted by atomic mass is 19.4. The Labute approximate surface area is 110 Å². The van der Waals surface area contributed by atoms with Crippen molar-refractivity contribution in [2.45, 2.75) is 25.6 Å². The fraction of sp³-hybridized carbons (Fsp3) is 0.538. The molecule has 0 heterocycles. The molecular weight excluding hydrogens is 259 g/mol. The minimum atomic E-state index is -4.27. The van der Waals surface area contributed by atoms with Crippen LogP contribution in [0.4, 0.5) is 13.2 Å². The largest absolute Gasteiger partial charge is 0.491 e. The summed E-state index contributed by atoms with van der Waals surface area (Å²) in [5.41, 5.74) is 1.17. The molecule has 0 fully saturated rings. The summed E-state index contributed by atoms with van der Waals surface area (Å²) in [5, 5.41) is 11.6. The molecule has 108 valence electrons. The Bertz CT molecular complexity index is 365. The molecule has 1 rings (SSSR count). The number of hydrogen-bond donors (Lipinski definition) is 2. The minimum Gasteiger partial charge on any atom is -0.491 e. The zero-order chi connectivity index (χ0) is 14.3. The number of alkyl halides is 3. The molecule has 1 atom stereocenters. The Morgan fingerprint density at radius 3 is 2.42 bits per heavy atom. The van der Waals surface area contributed by atoms with Crippen LogP contribution >= 0.6 is 0 Å². The zero-order valence-corrected chi connectivity index (χ0v) is 10.7. The number of halogens is 3. The lowest BCUT2D eigenvalue weighted by Crippen LogP contribution is -2.37. The number of aryl methyl sites for hydroxylation is 1. The van der Waals surface area contributed by atoms with Crippen LogP contribution in [0.5, 0.6) is 5.75 Å². The maximum absolute atomic E-state index is 11.9. The van der Waals surface area contributed by atoms with Crippen LogP contribution < -0.4 is 10.1 Å². The first-order chi connectivity index (χ1) is 8.90. The first kappa shape index (κ1) is 15.8. The van der Waals surface area contributed by atoms with Crippen LogP contribution in [0.25, 0.3) is 0 Å². The molecule has 19 heavy (non-hydrogen) atoms. The number of rotatable bonds is 7. The van der Waals surface area contributed by atoms with Crippen molar-refractivity contribution in [2.75, 3.05) is 19.7 Å². The highest BCUT2D eigenvalue weighted by molar-refractivity contribution is 5.27. The van der Waals surface area contributed by atoms with Gasteiger partial charge in [0.15, 0.2) is 0 Å². The fourth-order valence-electron chi connectivity index (χ4n) is 1.45. The Balaban J connectivity index is 2.23. The quantitative estimate of drug-likeness (QED) is 0.802. The van der Waals surface area contributed by atoms with E-state index in [1.54, 1.807) is 12.1 Å². The molecule has 6 heteroatoms. The molecule has 1 unspecified atom stereocenters. The average molecular weight is 277 g/mol. The first-order valence-electron chi connectivity index (χ1n) is 6.08. The lowest BCUT2D eigenvalue weighted by atomic mass is 10.2. The van der Waals surface area contributed by atoms with Crippen molar-refractivity contribution in [3.63, 3.8) is 0 Å². The molecular formula is C13H18F3NO2. The van der Waals surface area contributed by atoms with Gasteiger partial charge in [0, 0.05) is 6.54 Å². The van der Waals surface area contributed by atoms with E-state index < -0.39 is 18.8 Å². The molecule has 0 saturated carbocycles. The number of ether oxygens (including phenoxy) is 1. The van der Waals surface area contributed by atoms with Gasteiger partial charge in [-0.05, 0) is 24.1 Å². The smallest absolute Gasteiger partial charge is 0.401 e. The Morgan fingerprint density at radius 2 is 1.89 bits per heavy atom. The van der Waals surface area contributed by atoms with E-state index in [-0.39, 0.29) is 13.2 Å². The summed E-state index contributed by atoms with van der Waals surface area (Å²) in [4.78, 5) is 0. The summed E-state index contributed by atoms with van der Waals surface area (Å²) >= 11 is 0. The molecule has 0 spiro atoms. The first-order valence-corrected chi connectivity index (χ1v) is 6.08. The monoisotopic (exact) mass is 277 g/mol. The second kappa shape index (κ2) is 7.35. The van der Waals surface area contributed by atoms with E-state index in [9.17, 15) is 18.3 Å². The summed E-state index contributed by atoms with van der Waals surface area (Å²) < 4.78 is 40.8. The van der Waals surface area contributed by atoms with Crippen molar-refractivity contribution in [3.05, 3.63) is 29.8 Å². The number of hydrogen-bond acceptors (Lipinski definition) is 3. The van der Waals surface area contributed by atoms with Crippen molar-refractivity contribution in [2.24, 2.45) is 0 Å². The Hall–Kier alpha value is -1.27. The molecule has 0 aliphatic carbocycles. The maximum atomic E-state index is 11.9. The van der Waals surface area contributed by atoms with Crippen LogP contribution in [0.3, 0.4) is 0 Å². The van der Waals surface area contributed by atoms with Crippen molar-refractivity contribution in [1.29, 1.82) is 0 Å². The minimum absolute atomic E-state index is 0.0453. The van der Waals surface area contributed by atoms with Crippen molar-refractivity contribution in [1.82, 2.24) is 5.32 Å². The molecule has 0 amide bonds. The highest BCUT2D eigenvalue weighted by Crippen LogP contribution is 2.13. The molecule has 0 aliphatic rings. The van der Waals surface area contributed by atoms with E-state index in [0.29, 0.717) is 5.75 Å². The lowest BCUT2D eigenvalue weighted by Gasteiger charge is -2.14. The maximum Gasteiger partial charge on any atom is 0.401 e. The third kappa shape index (κ3) is 7.03. The van der Waals surface area contributed by atoms with Gasteiger partial charge in [-0.2, -0.15) is 13.2 Å². The lowest BCUT2D eigenvalue weighted by molar-refractivity contribution is -0.125. The fourth-order valence-corrected chi connectivity index (χ4v) is 1.45. The SMILES string of the molecule is CCc1ccc(OCC(O)CNCC(F)(F)F)cc1. The molecule has 0 saturated heterocycles. The van der Waals surface area contributed by atoms with E-state index >= 15 is 0 Å². The number of benzene rings is 1. The van der Waals surface area contributed by atoms with Crippen molar-refractivity contribution >= 4 is 0 Å². The van der Waals surface area contributed by atoms with E-state index in [1.807, 2.05) is 19.1 Å². The van der Waals surface area contributed by atoms with E-state index in [4.69, 9.17) is 4.74 Å². The number of nitrogens with one attached hydrogen (secondary N) is 1. The molecule has 2 N–H and O–H groups in total. The molecule has 0 radical (unpaired) electrons. The molecule has 1 aromatic carbocycles. The van der Waals surface area contributed by atoms with Crippen LogP contribution in [0.1, 0.15) is 12.5 Å². The Morgan fingerprint density at radius 1 is 1.26 bits per heavy atom. The molecule has 0 bridgehead atoms. The van der Waals surface area contributed by atoms with Gasteiger partial charge in [-0.3, -0.25) is 0 Å². The number of aliphatic hydroxyl groups excluding tert-OH is 1. The summed E-state index contributed by atoms with van der Waals surface area (Å²) in [7, 11) is 0.